The second-order valence-electron chi connectivity index (χ2n) is 5.78. The maximum atomic E-state index is 11.9. The summed E-state index contributed by atoms with van der Waals surface area (Å²) in [6.45, 7) is 4.68. The number of rotatable bonds is 5. The zero-order valence-corrected chi connectivity index (χ0v) is 13.6. The summed E-state index contributed by atoms with van der Waals surface area (Å²) in [5.41, 5.74) is 0. The first-order chi connectivity index (χ1) is 10.1. The van der Waals surface area contributed by atoms with Crippen LogP contribution in [0, 0.1) is 5.92 Å². The van der Waals surface area contributed by atoms with Crippen LogP contribution in [-0.2, 0) is 6.42 Å². The Morgan fingerprint density at radius 2 is 2.38 bits per heavy atom. The Morgan fingerprint density at radius 3 is 3.05 bits per heavy atom. The zero-order chi connectivity index (χ0) is 15.2. The Morgan fingerprint density at radius 1 is 1.57 bits per heavy atom. The molecule has 0 spiro atoms. The molecule has 0 aromatic carbocycles. The molecule has 6 heteroatoms. The number of thiazole rings is 1. The predicted molar refractivity (Wildman–Crippen MR) is 84.4 cm³/mol. The van der Waals surface area contributed by atoms with E-state index in [4.69, 9.17) is 0 Å². The molecule has 0 saturated heterocycles. The van der Waals surface area contributed by atoms with Crippen LogP contribution in [-0.4, -0.2) is 28.8 Å². The fraction of sp³-hybridized carbons (Fsp3) is 0.733. The molecule has 0 aliphatic heterocycles. The Kier molecular flexibility index (Phi) is 5.99. The van der Waals surface area contributed by atoms with E-state index in [0.717, 1.165) is 37.1 Å². The molecule has 1 heterocycles. The molecule has 0 radical (unpaired) electrons. The van der Waals surface area contributed by atoms with Gasteiger partial charge in [0, 0.05) is 17.6 Å². The Labute approximate surface area is 130 Å². The number of nitrogens with one attached hydrogen (secondary N) is 2. The van der Waals surface area contributed by atoms with Crippen molar-refractivity contribution in [1.82, 2.24) is 15.6 Å². The van der Waals surface area contributed by atoms with E-state index in [1.165, 1.54) is 4.88 Å². The highest BCUT2D eigenvalue weighted by atomic mass is 32.1. The molecule has 0 bridgehead atoms. The van der Waals surface area contributed by atoms with E-state index < -0.39 is 0 Å². The number of hydrogen-bond donors (Lipinski definition) is 3. The highest BCUT2D eigenvalue weighted by Crippen LogP contribution is 2.23. The summed E-state index contributed by atoms with van der Waals surface area (Å²) < 4.78 is 0. The fourth-order valence-electron chi connectivity index (χ4n) is 2.68. The van der Waals surface area contributed by atoms with Crippen LogP contribution in [0.3, 0.4) is 0 Å². The molecule has 1 fully saturated rings. The molecule has 21 heavy (non-hydrogen) atoms. The number of aryl methyl sites for hydroxylation is 1. The first-order valence-electron chi connectivity index (χ1n) is 7.75. The second kappa shape index (κ2) is 7.75. The summed E-state index contributed by atoms with van der Waals surface area (Å²) in [4.78, 5) is 17.5. The Hall–Kier alpha value is -1.14. The molecule has 3 unspecified atom stereocenters. The van der Waals surface area contributed by atoms with Crippen molar-refractivity contribution in [3.05, 3.63) is 16.1 Å². The monoisotopic (exact) mass is 311 g/mol. The van der Waals surface area contributed by atoms with Crippen molar-refractivity contribution in [2.24, 2.45) is 5.92 Å². The maximum absolute atomic E-state index is 11.9. The summed E-state index contributed by atoms with van der Waals surface area (Å²) in [7, 11) is 0. The summed E-state index contributed by atoms with van der Waals surface area (Å²) in [6.07, 6.45) is 6.46. The summed E-state index contributed by atoms with van der Waals surface area (Å²) >= 11 is 1.64. The molecule has 2 rings (SSSR count). The molecule has 1 aromatic heterocycles. The van der Waals surface area contributed by atoms with Gasteiger partial charge in [0.1, 0.15) is 5.01 Å². The van der Waals surface area contributed by atoms with Gasteiger partial charge in [-0.3, -0.25) is 0 Å². The molecule has 2 amide bonds. The first-order valence-corrected chi connectivity index (χ1v) is 8.57. The molecule has 1 aliphatic rings. The Balaban J connectivity index is 1.73. The third-order valence-corrected chi connectivity index (χ3v) is 5.27. The van der Waals surface area contributed by atoms with Crippen molar-refractivity contribution in [3.63, 3.8) is 0 Å². The lowest BCUT2D eigenvalue weighted by atomic mass is 9.87. The third kappa shape index (κ3) is 4.97. The first kappa shape index (κ1) is 16.2. The van der Waals surface area contributed by atoms with Crippen LogP contribution in [0.25, 0.3) is 0 Å². The third-order valence-electron chi connectivity index (χ3n) is 3.94. The van der Waals surface area contributed by atoms with Gasteiger partial charge in [0.2, 0.25) is 0 Å². The highest BCUT2D eigenvalue weighted by molar-refractivity contribution is 7.11. The number of nitrogens with zero attached hydrogens (tertiary/aromatic N) is 1. The molecule has 5 nitrogen and oxygen atoms in total. The lowest BCUT2D eigenvalue weighted by molar-refractivity contribution is 0.101. The lowest BCUT2D eigenvalue weighted by Crippen LogP contribution is -2.40. The van der Waals surface area contributed by atoms with Gasteiger partial charge in [-0.1, -0.05) is 13.3 Å². The van der Waals surface area contributed by atoms with Gasteiger partial charge in [-0.05, 0) is 38.5 Å². The van der Waals surface area contributed by atoms with Gasteiger partial charge < -0.3 is 15.7 Å². The van der Waals surface area contributed by atoms with Crippen LogP contribution < -0.4 is 10.6 Å². The number of amides is 2. The van der Waals surface area contributed by atoms with E-state index in [9.17, 15) is 9.90 Å². The lowest BCUT2D eigenvalue weighted by Gasteiger charge is -2.26. The van der Waals surface area contributed by atoms with Crippen molar-refractivity contribution in [2.75, 3.05) is 6.54 Å². The van der Waals surface area contributed by atoms with E-state index in [0.29, 0.717) is 12.5 Å². The standard InChI is InChI=1S/C15H25N3O2S/c1-3-13-9-16-14(21-13)10(2)18-15(20)17-8-11-5-4-6-12(19)7-11/h9-12,19H,3-8H2,1-2H3,(H2,17,18,20). The predicted octanol–water partition coefficient (Wildman–Crippen LogP) is 2.62. The minimum absolute atomic E-state index is 0.0766. The van der Waals surface area contributed by atoms with E-state index in [2.05, 4.69) is 22.5 Å². The number of urea groups is 1. The van der Waals surface area contributed by atoms with Gasteiger partial charge in [0.05, 0.1) is 12.1 Å². The smallest absolute Gasteiger partial charge is 0.315 e. The SMILES string of the molecule is CCc1cnc(C(C)NC(=O)NCC2CCCC(O)C2)s1. The summed E-state index contributed by atoms with van der Waals surface area (Å²) in [6, 6.07) is -0.233. The number of carbonyl (C=O) groups is 1. The average molecular weight is 311 g/mol. The normalized spacial score (nSPS) is 23.6. The van der Waals surface area contributed by atoms with Crippen molar-refractivity contribution in [1.29, 1.82) is 0 Å². The van der Waals surface area contributed by atoms with Crippen molar-refractivity contribution in [3.8, 4) is 0 Å². The van der Waals surface area contributed by atoms with Crippen molar-refractivity contribution < 1.29 is 9.90 Å². The maximum Gasteiger partial charge on any atom is 0.315 e. The van der Waals surface area contributed by atoms with Crippen molar-refractivity contribution >= 4 is 17.4 Å². The van der Waals surface area contributed by atoms with Gasteiger partial charge in [-0.2, -0.15) is 0 Å². The Bertz CT molecular complexity index is 464. The molecule has 3 N–H and O–H groups in total. The van der Waals surface area contributed by atoms with Gasteiger partial charge >= 0.3 is 6.03 Å². The van der Waals surface area contributed by atoms with E-state index in [1.807, 2.05) is 13.1 Å². The van der Waals surface area contributed by atoms with E-state index >= 15 is 0 Å². The second-order valence-corrected chi connectivity index (χ2v) is 6.93. The van der Waals surface area contributed by atoms with E-state index in [-0.39, 0.29) is 18.2 Å². The van der Waals surface area contributed by atoms with Gasteiger partial charge in [-0.25, -0.2) is 9.78 Å². The van der Waals surface area contributed by atoms with Crippen LogP contribution >= 0.6 is 11.3 Å². The largest absolute Gasteiger partial charge is 0.393 e. The number of aliphatic hydroxyl groups excluding tert-OH is 1. The molecule has 1 saturated carbocycles. The van der Waals surface area contributed by atoms with Crippen LogP contribution in [0.4, 0.5) is 4.79 Å². The van der Waals surface area contributed by atoms with Crippen LogP contribution in [0.15, 0.2) is 6.20 Å². The van der Waals surface area contributed by atoms with Gasteiger partial charge in [0.15, 0.2) is 0 Å². The summed E-state index contributed by atoms with van der Waals surface area (Å²) in [5.74, 6) is 0.390. The number of carbonyl (C=O) groups excluding carboxylic acids is 1. The van der Waals surface area contributed by atoms with Crippen LogP contribution in [0.2, 0.25) is 0 Å². The molecule has 118 valence electrons. The molecular weight excluding hydrogens is 286 g/mol. The fourth-order valence-corrected chi connectivity index (χ4v) is 3.54. The topological polar surface area (TPSA) is 74.2 Å². The van der Waals surface area contributed by atoms with Gasteiger partial charge in [-0.15, -0.1) is 11.3 Å². The molecule has 1 aromatic rings. The molecular formula is C15H25N3O2S. The number of aliphatic hydroxyl groups is 1. The number of aromatic nitrogens is 1. The number of hydrogen-bond acceptors (Lipinski definition) is 4. The summed E-state index contributed by atoms with van der Waals surface area (Å²) in [5, 5.41) is 16.4. The van der Waals surface area contributed by atoms with E-state index in [1.54, 1.807) is 11.3 Å². The molecule has 1 aliphatic carbocycles. The highest BCUT2D eigenvalue weighted by Gasteiger charge is 2.21. The van der Waals surface area contributed by atoms with Crippen molar-refractivity contribution in [2.45, 2.75) is 58.1 Å². The van der Waals surface area contributed by atoms with Gasteiger partial charge in [0.25, 0.3) is 0 Å². The quantitative estimate of drug-likeness (QED) is 0.782. The van der Waals surface area contributed by atoms with Crippen LogP contribution in [0.5, 0.6) is 0 Å². The zero-order valence-electron chi connectivity index (χ0n) is 12.8. The minimum atomic E-state index is -0.199. The van der Waals surface area contributed by atoms with Crippen LogP contribution in [0.1, 0.15) is 55.5 Å². The average Bonchev–Trinajstić information content (AvgIpc) is 2.94. The minimum Gasteiger partial charge on any atom is -0.393 e. The molecule has 3 atom stereocenters.